The number of allylic oxidation sites excluding steroid dienone is 1. The van der Waals surface area contributed by atoms with E-state index in [4.69, 9.17) is 0 Å². The van der Waals surface area contributed by atoms with Gasteiger partial charge in [0.2, 0.25) is 0 Å². The van der Waals surface area contributed by atoms with Crippen LogP contribution in [0, 0.1) is 15.9 Å². The van der Waals surface area contributed by atoms with Gasteiger partial charge in [-0.05, 0) is 42.7 Å². The fourth-order valence-corrected chi connectivity index (χ4v) is 3.27. The Kier molecular flexibility index (Phi) is 3.46. The van der Waals surface area contributed by atoms with Crippen LogP contribution in [-0.4, -0.2) is 15.7 Å². The maximum atomic E-state index is 13.6. The highest BCUT2D eigenvalue weighted by molar-refractivity contribution is 6.19. The molecule has 2 aromatic carbocycles. The molecule has 0 fully saturated rings. The number of nitro benzene ring substituents is 1. The van der Waals surface area contributed by atoms with Crippen molar-refractivity contribution < 1.29 is 14.1 Å². The maximum absolute atomic E-state index is 13.6. The van der Waals surface area contributed by atoms with Gasteiger partial charge in [0.05, 0.1) is 10.5 Å². The van der Waals surface area contributed by atoms with Crippen LogP contribution < -0.4 is 0 Å². The fourth-order valence-electron chi connectivity index (χ4n) is 3.27. The number of benzene rings is 2. The lowest BCUT2D eigenvalue weighted by Gasteiger charge is -2.14. The average Bonchev–Trinajstić information content (AvgIpc) is 2.96. The Balaban J connectivity index is 1.79. The van der Waals surface area contributed by atoms with Crippen LogP contribution in [0.25, 0.3) is 17.0 Å². The molecule has 0 saturated heterocycles. The molecule has 0 spiro atoms. The number of carbonyl (C=O) groups excluding carboxylic acids is 1. The summed E-state index contributed by atoms with van der Waals surface area (Å²) in [5.41, 5.74) is 3.19. The molecule has 6 heteroatoms. The molecule has 5 nitrogen and oxygen atoms in total. The zero-order valence-electron chi connectivity index (χ0n) is 13.1. The first-order valence-electron chi connectivity index (χ1n) is 7.83. The summed E-state index contributed by atoms with van der Waals surface area (Å²) >= 11 is 0. The number of halogens is 1. The minimum atomic E-state index is -0.467. The van der Waals surface area contributed by atoms with E-state index in [0.29, 0.717) is 34.9 Å². The van der Waals surface area contributed by atoms with E-state index in [2.05, 4.69) is 4.98 Å². The van der Waals surface area contributed by atoms with E-state index < -0.39 is 10.7 Å². The third kappa shape index (κ3) is 2.61. The summed E-state index contributed by atoms with van der Waals surface area (Å²) in [6.07, 6.45) is 2.85. The van der Waals surface area contributed by atoms with Crippen molar-refractivity contribution in [3.63, 3.8) is 0 Å². The third-order valence-electron chi connectivity index (χ3n) is 4.42. The summed E-state index contributed by atoms with van der Waals surface area (Å²) in [4.78, 5) is 26.5. The van der Waals surface area contributed by atoms with Gasteiger partial charge in [0.1, 0.15) is 5.82 Å². The molecular formula is C19H13FN2O3. The highest BCUT2D eigenvalue weighted by Crippen LogP contribution is 2.33. The number of non-ortho nitro benzene ring substituents is 1. The molecule has 0 unspecified atom stereocenters. The molecule has 1 heterocycles. The number of nitrogens with zero attached hydrogens (tertiary/aromatic N) is 1. The van der Waals surface area contributed by atoms with Crippen LogP contribution in [0.4, 0.5) is 10.1 Å². The topological polar surface area (TPSA) is 76.0 Å². The number of H-pyrrole nitrogens is 1. The van der Waals surface area contributed by atoms with E-state index in [9.17, 15) is 19.3 Å². The molecule has 1 aromatic heterocycles. The number of ketones is 1. The van der Waals surface area contributed by atoms with Crippen LogP contribution in [0.5, 0.6) is 0 Å². The number of hydrogen-bond acceptors (Lipinski definition) is 3. The predicted molar refractivity (Wildman–Crippen MR) is 92.0 cm³/mol. The van der Waals surface area contributed by atoms with Crippen molar-refractivity contribution >= 4 is 28.4 Å². The standard InChI is InChI=1S/C19H13FN2O3/c20-13-5-7-16-15(10-13)18-17(21-16)6-4-12(19(18)23)8-11-2-1-3-14(9-11)22(24)25/h1-3,5,7-10,21H,4,6H2. The van der Waals surface area contributed by atoms with Crippen molar-refractivity contribution in [2.75, 3.05) is 0 Å². The smallest absolute Gasteiger partial charge is 0.270 e. The number of nitro groups is 1. The molecule has 124 valence electrons. The number of fused-ring (bicyclic) bond motifs is 3. The Hall–Kier alpha value is -3.28. The zero-order valence-corrected chi connectivity index (χ0v) is 13.1. The molecule has 0 saturated carbocycles. The minimum Gasteiger partial charge on any atom is -0.358 e. The summed E-state index contributed by atoms with van der Waals surface area (Å²) in [6, 6.07) is 10.5. The van der Waals surface area contributed by atoms with Crippen molar-refractivity contribution in [1.82, 2.24) is 4.98 Å². The van der Waals surface area contributed by atoms with Crippen molar-refractivity contribution in [2.45, 2.75) is 12.8 Å². The number of carbonyl (C=O) groups is 1. The lowest BCUT2D eigenvalue weighted by atomic mass is 9.88. The van der Waals surface area contributed by atoms with Gasteiger partial charge in [-0.15, -0.1) is 0 Å². The van der Waals surface area contributed by atoms with E-state index in [1.807, 2.05) is 0 Å². The summed E-state index contributed by atoms with van der Waals surface area (Å²) in [6.45, 7) is 0. The van der Waals surface area contributed by atoms with E-state index in [-0.39, 0.29) is 11.5 Å². The monoisotopic (exact) mass is 336 g/mol. The minimum absolute atomic E-state index is 0.0209. The Morgan fingerprint density at radius 1 is 1.16 bits per heavy atom. The number of aryl methyl sites for hydroxylation is 1. The van der Waals surface area contributed by atoms with Crippen LogP contribution in [0.3, 0.4) is 0 Å². The van der Waals surface area contributed by atoms with Gasteiger partial charge in [0, 0.05) is 34.3 Å². The van der Waals surface area contributed by atoms with Gasteiger partial charge >= 0.3 is 0 Å². The molecule has 0 bridgehead atoms. The molecule has 1 aliphatic carbocycles. The van der Waals surface area contributed by atoms with E-state index >= 15 is 0 Å². The first-order chi connectivity index (χ1) is 12.0. The first kappa shape index (κ1) is 15.3. The van der Waals surface area contributed by atoms with Gasteiger partial charge in [-0.25, -0.2) is 4.39 Å². The highest BCUT2D eigenvalue weighted by Gasteiger charge is 2.26. The Morgan fingerprint density at radius 2 is 2.00 bits per heavy atom. The van der Waals surface area contributed by atoms with Crippen molar-refractivity contribution in [3.05, 3.63) is 80.8 Å². The zero-order chi connectivity index (χ0) is 17.6. The second-order valence-electron chi connectivity index (χ2n) is 6.02. The van der Waals surface area contributed by atoms with Crippen LogP contribution >= 0.6 is 0 Å². The largest absolute Gasteiger partial charge is 0.358 e. The number of rotatable bonds is 2. The van der Waals surface area contributed by atoms with Gasteiger partial charge in [0.15, 0.2) is 5.78 Å². The van der Waals surface area contributed by atoms with E-state index in [1.165, 1.54) is 24.3 Å². The first-order valence-corrected chi connectivity index (χ1v) is 7.83. The fraction of sp³-hybridized carbons (Fsp3) is 0.105. The van der Waals surface area contributed by atoms with Gasteiger partial charge in [-0.1, -0.05) is 12.1 Å². The van der Waals surface area contributed by atoms with Gasteiger partial charge in [0.25, 0.3) is 5.69 Å². The number of aromatic amines is 1. The number of nitrogens with one attached hydrogen (secondary N) is 1. The molecule has 1 aliphatic rings. The van der Waals surface area contributed by atoms with Gasteiger partial charge < -0.3 is 4.98 Å². The summed E-state index contributed by atoms with van der Waals surface area (Å²) in [5.74, 6) is -0.554. The highest BCUT2D eigenvalue weighted by atomic mass is 19.1. The molecule has 0 atom stereocenters. The van der Waals surface area contributed by atoms with Crippen molar-refractivity contribution in [1.29, 1.82) is 0 Å². The van der Waals surface area contributed by atoms with Gasteiger partial charge in [-0.3, -0.25) is 14.9 Å². The molecular weight excluding hydrogens is 323 g/mol. The third-order valence-corrected chi connectivity index (χ3v) is 4.42. The molecule has 4 rings (SSSR count). The second-order valence-corrected chi connectivity index (χ2v) is 6.02. The summed E-state index contributed by atoms with van der Waals surface area (Å²) < 4.78 is 13.6. The van der Waals surface area contributed by atoms with Gasteiger partial charge in [-0.2, -0.15) is 0 Å². The average molecular weight is 336 g/mol. The predicted octanol–water partition coefficient (Wildman–Crippen LogP) is 4.43. The summed E-state index contributed by atoms with van der Waals surface area (Å²) in [5, 5.41) is 11.5. The second kappa shape index (κ2) is 5.66. The molecule has 3 aromatic rings. The van der Waals surface area contributed by atoms with E-state index in [0.717, 1.165) is 11.2 Å². The lowest BCUT2D eigenvalue weighted by molar-refractivity contribution is -0.384. The molecule has 25 heavy (non-hydrogen) atoms. The quantitative estimate of drug-likeness (QED) is 0.427. The van der Waals surface area contributed by atoms with Crippen LogP contribution in [0.15, 0.2) is 48.0 Å². The van der Waals surface area contributed by atoms with Crippen LogP contribution in [-0.2, 0) is 6.42 Å². The normalized spacial score (nSPS) is 15.6. The number of aromatic nitrogens is 1. The van der Waals surface area contributed by atoms with Crippen LogP contribution in [0.1, 0.15) is 28.0 Å². The Morgan fingerprint density at radius 3 is 2.80 bits per heavy atom. The van der Waals surface area contributed by atoms with Crippen molar-refractivity contribution in [3.8, 4) is 0 Å². The maximum Gasteiger partial charge on any atom is 0.270 e. The Bertz CT molecular complexity index is 1070. The SMILES string of the molecule is O=C1C(=Cc2cccc([N+](=O)[O-])c2)CCc2[nH]c3ccc(F)cc3c21. The summed E-state index contributed by atoms with van der Waals surface area (Å²) in [7, 11) is 0. The molecule has 0 radical (unpaired) electrons. The number of hydrogen-bond donors (Lipinski definition) is 1. The van der Waals surface area contributed by atoms with Crippen molar-refractivity contribution in [2.24, 2.45) is 0 Å². The molecule has 0 amide bonds. The molecule has 0 aliphatic heterocycles. The van der Waals surface area contributed by atoms with E-state index in [1.54, 1.807) is 24.3 Å². The lowest BCUT2D eigenvalue weighted by Crippen LogP contribution is -2.13. The molecule has 1 N–H and O–H groups in total. The number of Topliss-reactive ketones (excluding diaryl/α,β-unsaturated/α-hetero) is 1. The Labute approximate surface area is 141 Å². The van der Waals surface area contributed by atoms with Crippen LogP contribution in [0.2, 0.25) is 0 Å².